The van der Waals surface area contributed by atoms with Gasteiger partial charge in [-0.3, -0.25) is 0 Å². The van der Waals surface area contributed by atoms with E-state index in [1.165, 1.54) is 24.8 Å². The Bertz CT molecular complexity index is 325. The Balaban J connectivity index is 2.08. The first kappa shape index (κ1) is 11.9. The third kappa shape index (κ3) is 2.78. The van der Waals surface area contributed by atoms with Crippen LogP contribution in [-0.4, -0.2) is 11.7 Å². The second-order valence-electron chi connectivity index (χ2n) is 5.02. The van der Waals surface area contributed by atoms with Crippen LogP contribution in [0.2, 0.25) is 5.02 Å². The van der Waals surface area contributed by atoms with Gasteiger partial charge in [-0.15, -0.1) is 0 Å². The lowest BCUT2D eigenvalue weighted by Gasteiger charge is -2.35. The lowest BCUT2D eigenvalue weighted by molar-refractivity contribution is 0.0823. The van der Waals surface area contributed by atoms with Crippen LogP contribution in [0, 0.1) is 5.41 Å². The van der Waals surface area contributed by atoms with E-state index in [-0.39, 0.29) is 5.41 Å². The van der Waals surface area contributed by atoms with Crippen LogP contribution in [0.15, 0.2) is 24.3 Å². The van der Waals surface area contributed by atoms with E-state index in [1.807, 2.05) is 12.1 Å². The minimum atomic E-state index is 0.131. The van der Waals surface area contributed by atoms with Crippen LogP contribution in [0.5, 0.6) is 0 Å². The van der Waals surface area contributed by atoms with Crippen molar-refractivity contribution in [1.82, 2.24) is 0 Å². The molecule has 0 amide bonds. The van der Waals surface area contributed by atoms with Crippen LogP contribution in [-0.2, 0) is 6.42 Å². The van der Waals surface area contributed by atoms with Crippen LogP contribution >= 0.6 is 11.6 Å². The molecule has 1 nitrogen and oxygen atoms in total. The smallest absolute Gasteiger partial charge is 0.0490 e. The first-order valence-electron chi connectivity index (χ1n) is 6.09. The molecule has 1 aliphatic carbocycles. The van der Waals surface area contributed by atoms with Crippen LogP contribution in [0.1, 0.15) is 37.7 Å². The summed E-state index contributed by atoms with van der Waals surface area (Å²) in [5.74, 6) is 0. The van der Waals surface area contributed by atoms with E-state index in [9.17, 15) is 5.11 Å². The summed E-state index contributed by atoms with van der Waals surface area (Å²) in [5.41, 5.74) is 1.42. The van der Waals surface area contributed by atoms with Crippen molar-refractivity contribution in [3.8, 4) is 0 Å². The molecule has 1 aliphatic rings. The topological polar surface area (TPSA) is 20.2 Å². The summed E-state index contributed by atoms with van der Waals surface area (Å²) in [6.45, 7) is 0.315. The van der Waals surface area contributed by atoms with Gasteiger partial charge in [-0.1, -0.05) is 43.0 Å². The molecule has 0 spiro atoms. The monoisotopic (exact) mass is 238 g/mol. The van der Waals surface area contributed by atoms with E-state index in [2.05, 4.69) is 12.1 Å². The van der Waals surface area contributed by atoms with Gasteiger partial charge in [0.1, 0.15) is 0 Å². The molecule has 0 aliphatic heterocycles. The van der Waals surface area contributed by atoms with Gasteiger partial charge in [-0.2, -0.15) is 0 Å². The molecule has 0 aromatic heterocycles. The van der Waals surface area contributed by atoms with Crippen LogP contribution in [0.25, 0.3) is 0 Å². The number of aliphatic hydroxyl groups is 1. The van der Waals surface area contributed by atoms with Gasteiger partial charge in [0, 0.05) is 11.6 Å². The normalized spacial score (nSPS) is 19.6. The molecule has 0 radical (unpaired) electrons. The lowest BCUT2D eigenvalue weighted by Crippen LogP contribution is -2.30. The van der Waals surface area contributed by atoms with Crippen molar-refractivity contribution in [2.24, 2.45) is 5.41 Å². The van der Waals surface area contributed by atoms with E-state index >= 15 is 0 Å². The SMILES string of the molecule is OCC1(Cc2ccc(Cl)cc2)CCCCC1. The van der Waals surface area contributed by atoms with Crippen molar-refractivity contribution in [3.05, 3.63) is 34.9 Å². The molecule has 1 saturated carbocycles. The van der Waals surface area contributed by atoms with Gasteiger partial charge in [-0.05, 0) is 42.4 Å². The molecular weight excluding hydrogens is 220 g/mol. The van der Waals surface area contributed by atoms with Crippen molar-refractivity contribution >= 4 is 11.6 Å². The molecule has 1 aromatic rings. The largest absolute Gasteiger partial charge is 0.396 e. The molecular formula is C14H19ClO. The summed E-state index contributed by atoms with van der Waals surface area (Å²) >= 11 is 5.87. The fourth-order valence-electron chi connectivity index (χ4n) is 2.73. The molecule has 1 fully saturated rings. The summed E-state index contributed by atoms with van der Waals surface area (Å²) < 4.78 is 0. The van der Waals surface area contributed by atoms with Crippen LogP contribution in [0.4, 0.5) is 0 Å². The highest BCUT2D eigenvalue weighted by atomic mass is 35.5. The number of benzene rings is 1. The second-order valence-corrected chi connectivity index (χ2v) is 5.46. The number of rotatable bonds is 3. The van der Waals surface area contributed by atoms with E-state index < -0.39 is 0 Å². The van der Waals surface area contributed by atoms with Gasteiger partial charge in [0.2, 0.25) is 0 Å². The standard InChI is InChI=1S/C14H19ClO/c15-13-6-4-12(5-7-13)10-14(11-16)8-2-1-3-9-14/h4-7,16H,1-3,8-11H2. The highest BCUT2D eigenvalue weighted by Gasteiger charge is 2.31. The van der Waals surface area contributed by atoms with Crippen LogP contribution < -0.4 is 0 Å². The molecule has 16 heavy (non-hydrogen) atoms. The molecule has 1 N–H and O–H groups in total. The zero-order valence-electron chi connectivity index (χ0n) is 9.58. The van der Waals surface area contributed by atoms with E-state index in [4.69, 9.17) is 11.6 Å². The summed E-state index contributed by atoms with van der Waals surface area (Å²) in [5, 5.41) is 10.4. The molecule has 0 bridgehead atoms. The van der Waals surface area contributed by atoms with Gasteiger partial charge in [0.05, 0.1) is 0 Å². The predicted octanol–water partition coefficient (Wildman–Crippen LogP) is 3.83. The third-order valence-electron chi connectivity index (χ3n) is 3.74. The Morgan fingerprint density at radius 1 is 1.06 bits per heavy atom. The van der Waals surface area contributed by atoms with Crippen molar-refractivity contribution in [2.45, 2.75) is 38.5 Å². The number of hydrogen-bond donors (Lipinski definition) is 1. The number of hydrogen-bond acceptors (Lipinski definition) is 1. The quantitative estimate of drug-likeness (QED) is 0.849. The van der Waals surface area contributed by atoms with E-state index in [0.29, 0.717) is 6.61 Å². The zero-order chi connectivity index (χ0) is 11.4. The fraction of sp³-hybridized carbons (Fsp3) is 0.571. The molecule has 1 aromatic carbocycles. The van der Waals surface area contributed by atoms with Gasteiger partial charge >= 0.3 is 0 Å². The highest BCUT2D eigenvalue weighted by molar-refractivity contribution is 6.30. The Morgan fingerprint density at radius 2 is 1.69 bits per heavy atom. The number of aliphatic hydroxyl groups excluding tert-OH is 1. The van der Waals surface area contributed by atoms with Gasteiger partial charge in [0.15, 0.2) is 0 Å². The van der Waals surface area contributed by atoms with E-state index in [1.54, 1.807) is 0 Å². The van der Waals surface area contributed by atoms with Gasteiger partial charge in [0.25, 0.3) is 0 Å². The first-order valence-corrected chi connectivity index (χ1v) is 6.47. The molecule has 88 valence electrons. The molecule has 0 heterocycles. The maximum atomic E-state index is 9.63. The van der Waals surface area contributed by atoms with Crippen molar-refractivity contribution in [2.75, 3.05) is 6.61 Å². The second kappa shape index (κ2) is 5.20. The Hall–Kier alpha value is -0.530. The summed E-state index contributed by atoms with van der Waals surface area (Å²) in [4.78, 5) is 0. The Morgan fingerprint density at radius 3 is 2.25 bits per heavy atom. The average molecular weight is 239 g/mol. The molecule has 2 heteroatoms. The minimum Gasteiger partial charge on any atom is -0.396 e. The predicted molar refractivity (Wildman–Crippen MR) is 67.8 cm³/mol. The van der Waals surface area contributed by atoms with Gasteiger partial charge < -0.3 is 5.11 Å². The molecule has 0 unspecified atom stereocenters. The number of halogens is 1. The molecule has 2 rings (SSSR count). The maximum absolute atomic E-state index is 9.63. The van der Waals surface area contributed by atoms with Crippen molar-refractivity contribution in [3.63, 3.8) is 0 Å². The summed E-state index contributed by atoms with van der Waals surface area (Å²) in [7, 11) is 0. The third-order valence-corrected chi connectivity index (χ3v) is 3.99. The zero-order valence-corrected chi connectivity index (χ0v) is 10.3. The summed E-state index contributed by atoms with van der Waals surface area (Å²) in [6, 6.07) is 8.03. The van der Waals surface area contributed by atoms with Crippen molar-refractivity contribution < 1.29 is 5.11 Å². The first-order chi connectivity index (χ1) is 7.74. The lowest BCUT2D eigenvalue weighted by atomic mass is 9.71. The molecule has 0 atom stereocenters. The van der Waals surface area contributed by atoms with Gasteiger partial charge in [-0.25, -0.2) is 0 Å². The molecule has 0 saturated heterocycles. The summed E-state index contributed by atoms with van der Waals surface area (Å²) in [6.07, 6.45) is 7.14. The highest BCUT2D eigenvalue weighted by Crippen LogP contribution is 2.38. The van der Waals surface area contributed by atoms with Crippen LogP contribution in [0.3, 0.4) is 0 Å². The Labute approximate surface area is 102 Å². The Kier molecular flexibility index (Phi) is 3.88. The minimum absolute atomic E-state index is 0.131. The fourth-order valence-corrected chi connectivity index (χ4v) is 2.85. The van der Waals surface area contributed by atoms with E-state index in [0.717, 1.165) is 24.3 Å². The van der Waals surface area contributed by atoms with Crippen molar-refractivity contribution in [1.29, 1.82) is 0 Å². The maximum Gasteiger partial charge on any atom is 0.0490 e. The average Bonchev–Trinajstić information content (AvgIpc) is 2.33.